The number of aromatic nitrogens is 4. The molecule has 3 heterocycles. The van der Waals surface area contributed by atoms with Gasteiger partial charge in [-0.15, -0.1) is 0 Å². The molecule has 30 heavy (non-hydrogen) atoms. The molecule has 144 valence electrons. The Labute approximate surface area is 172 Å². The van der Waals surface area contributed by atoms with E-state index in [4.69, 9.17) is 9.97 Å². The van der Waals surface area contributed by atoms with Gasteiger partial charge in [-0.2, -0.15) is 0 Å². The average Bonchev–Trinajstić information content (AvgIpc) is 3.63. The fraction of sp³-hybridized carbons (Fsp3) is 0.120. The fourth-order valence-corrected chi connectivity index (χ4v) is 4.01. The van der Waals surface area contributed by atoms with Crippen LogP contribution in [0.2, 0.25) is 0 Å². The second kappa shape index (κ2) is 6.59. The Balaban J connectivity index is 1.68. The Morgan fingerprint density at radius 2 is 1.67 bits per heavy atom. The molecular weight excluding hydrogens is 372 g/mol. The Morgan fingerprint density at radius 3 is 2.50 bits per heavy atom. The van der Waals surface area contributed by atoms with Crippen LogP contribution in [0.15, 0.2) is 77.7 Å². The zero-order valence-corrected chi connectivity index (χ0v) is 16.2. The van der Waals surface area contributed by atoms with E-state index in [2.05, 4.69) is 22.1 Å². The van der Waals surface area contributed by atoms with Gasteiger partial charge in [0.1, 0.15) is 5.52 Å². The van der Waals surface area contributed by atoms with Crippen LogP contribution in [0, 0.1) is 0 Å². The molecule has 1 aliphatic carbocycles. The van der Waals surface area contributed by atoms with Gasteiger partial charge in [0.05, 0.1) is 16.9 Å². The van der Waals surface area contributed by atoms with Crippen molar-refractivity contribution in [1.82, 2.24) is 19.9 Å². The number of nitrogens with zero attached hydrogens (tertiary/aromatic N) is 3. The van der Waals surface area contributed by atoms with Crippen molar-refractivity contribution in [3.8, 4) is 22.5 Å². The molecule has 1 fully saturated rings. The number of aromatic amines is 1. The minimum atomic E-state index is -0.123. The number of rotatable bonds is 3. The van der Waals surface area contributed by atoms with Crippen LogP contribution in [0.1, 0.15) is 24.3 Å². The molecule has 0 amide bonds. The third-order valence-corrected chi connectivity index (χ3v) is 5.64. The van der Waals surface area contributed by atoms with Crippen molar-refractivity contribution in [2.24, 2.45) is 0 Å². The molecule has 5 aromatic rings. The fourth-order valence-electron chi connectivity index (χ4n) is 4.01. The predicted octanol–water partition coefficient (Wildman–Crippen LogP) is 5.08. The smallest absolute Gasteiger partial charge is 0.249 e. The van der Waals surface area contributed by atoms with Gasteiger partial charge in [-0.05, 0) is 42.5 Å². The molecule has 0 radical (unpaired) electrons. The highest BCUT2D eigenvalue weighted by molar-refractivity contribution is 5.90. The van der Waals surface area contributed by atoms with Crippen LogP contribution in [0.3, 0.4) is 0 Å². The number of nitrogens with one attached hydrogen (secondary N) is 1. The molecule has 5 heteroatoms. The minimum Gasteiger partial charge on any atom is -0.305 e. The van der Waals surface area contributed by atoms with Gasteiger partial charge >= 0.3 is 0 Å². The van der Waals surface area contributed by atoms with Gasteiger partial charge in [0, 0.05) is 28.8 Å². The van der Waals surface area contributed by atoms with Gasteiger partial charge in [0.25, 0.3) is 0 Å². The SMILES string of the molecule is O=c1cc(C2CC2)c2nc(-c3ccc4ncccc4c3)c(-c3ccccc3)nc2[nH]1. The van der Waals surface area contributed by atoms with Gasteiger partial charge in [0.15, 0.2) is 5.65 Å². The summed E-state index contributed by atoms with van der Waals surface area (Å²) < 4.78 is 0. The first-order chi connectivity index (χ1) is 14.8. The molecule has 3 aromatic heterocycles. The summed E-state index contributed by atoms with van der Waals surface area (Å²) in [6.07, 6.45) is 3.99. The summed E-state index contributed by atoms with van der Waals surface area (Å²) in [6, 6.07) is 21.8. The van der Waals surface area contributed by atoms with Crippen molar-refractivity contribution in [1.29, 1.82) is 0 Å². The maximum atomic E-state index is 12.3. The van der Waals surface area contributed by atoms with Crippen LogP contribution in [-0.4, -0.2) is 19.9 Å². The van der Waals surface area contributed by atoms with Gasteiger partial charge < -0.3 is 4.98 Å². The van der Waals surface area contributed by atoms with E-state index in [9.17, 15) is 4.79 Å². The van der Waals surface area contributed by atoms with Gasteiger partial charge in [-0.25, -0.2) is 9.97 Å². The van der Waals surface area contributed by atoms with Crippen LogP contribution in [0.25, 0.3) is 44.6 Å². The molecular formula is C25H18N4O. The highest BCUT2D eigenvalue weighted by Gasteiger charge is 2.28. The summed E-state index contributed by atoms with van der Waals surface area (Å²) in [5, 5.41) is 1.06. The molecule has 0 atom stereocenters. The average molecular weight is 390 g/mol. The summed E-state index contributed by atoms with van der Waals surface area (Å²) in [5.74, 6) is 0.403. The highest BCUT2D eigenvalue weighted by atomic mass is 16.1. The zero-order valence-electron chi connectivity index (χ0n) is 16.2. The van der Waals surface area contributed by atoms with Crippen LogP contribution < -0.4 is 5.56 Å². The Kier molecular flexibility index (Phi) is 3.74. The summed E-state index contributed by atoms with van der Waals surface area (Å²) in [6.45, 7) is 0. The lowest BCUT2D eigenvalue weighted by molar-refractivity contribution is 1.09. The molecule has 1 saturated carbocycles. The normalized spacial score (nSPS) is 13.7. The van der Waals surface area contributed by atoms with Gasteiger partial charge in [-0.1, -0.05) is 42.5 Å². The molecule has 0 spiro atoms. The van der Waals surface area contributed by atoms with Crippen molar-refractivity contribution >= 4 is 22.1 Å². The first-order valence-corrected chi connectivity index (χ1v) is 10.1. The first kappa shape index (κ1) is 17.0. The van der Waals surface area contributed by atoms with E-state index in [0.717, 1.165) is 57.3 Å². The highest BCUT2D eigenvalue weighted by Crippen LogP contribution is 2.42. The van der Waals surface area contributed by atoms with E-state index in [-0.39, 0.29) is 5.56 Å². The predicted molar refractivity (Wildman–Crippen MR) is 118 cm³/mol. The summed E-state index contributed by atoms with van der Waals surface area (Å²) in [4.78, 5) is 29.6. The lowest BCUT2D eigenvalue weighted by Gasteiger charge is -2.13. The Morgan fingerprint density at radius 1 is 0.833 bits per heavy atom. The Hall–Kier alpha value is -3.86. The van der Waals surface area contributed by atoms with Crippen molar-refractivity contribution in [3.05, 3.63) is 88.8 Å². The number of benzene rings is 2. The summed E-state index contributed by atoms with van der Waals surface area (Å²) in [5.41, 5.74) is 6.68. The maximum absolute atomic E-state index is 12.3. The summed E-state index contributed by atoms with van der Waals surface area (Å²) >= 11 is 0. The molecule has 0 saturated heterocycles. The quantitative estimate of drug-likeness (QED) is 0.466. The van der Waals surface area contributed by atoms with E-state index >= 15 is 0 Å². The van der Waals surface area contributed by atoms with Gasteiger partial charge in [-0.3, -0.25) is 9.78 Å². The summed E-state index contributed by atoms with van der Waals surface area (Å²) in [7, 11) is 0. The van der Waals surface area contributed by atoms with Crippen molar-refractivity contribution in [2.45, 2.75) is 18.8 Å². The molecule has 0 aliphatic heterocycles. The lowest BCUT2D eigenvalue weighted by Crippen LogP contribution is -2.09. The van der Waals surface area contributed by atoms with Crippen LogP contribution in [0.5, 0.6) is 0 Å². The molecule has 0 unspecified atom stereocenters. The Bertz CT molecular complexity index is 1470. The molecule has 5 nitrogen and oxygen atoms in total. The number of H-pyrrole nitrogens is 1. The number of hydrogen-bond donors (Lipinski definition) is 1. The third kappa shape index (κ3) is 2.87. The maximum Gasteiger partial charge on any atom is 0.249 e. The monoisotopic (exact) mass is 390 g/mol. The lowest BCUT2D eigenvalue weighted by atomic mass is 10.0. The van der Waals surface area contributed by atoms with E-state index in [1.807, 2.05) is 48.5 Å². The molecule has 0 bridgehead atoms. The van der Waals surface area contributed by atoms with Gasteiger partial charge in [0.2, 0.25) is 5.56 Å². The number of fused-ring (bicyclic) bond motifs is 2. The zero-order chi connectivity index (χ0) is 20.1. The van der Waals surface area contributed by atoms with Crippen LogP contribution >= 0.6 is 0 Å². The second-order valence-corrected chi connectivity index (χ2v) is 7.76. The third-order valence-electron chi connectivity index (χ3n) is 5.64. The van der Waals surface area contributed by atoms with Crippen LogP contribution in [0.4, 0.5) is 0 Å². The molecule has 2 aromatic carbocycles. The van der Waals surface area contributed by atoms with E-state index in [0.29, 0.717) is 11.6 Å². The number of pyridine rings is 2. The van der Waals surface area contributed by atoms with Crippen molar-refractivity contribution in [3.63, 3.8) is 0 Å². The molecule has 6 rings (SSSR count). The van der Waals surface area contributed by atoms with E-state index < -0.39 is 0 Å². The van der Waals surface area contributed by atoms with Crippen molar-refractivity contribution in [2.75, 3.05) is 0 Å². The standard InChI is InChI=1S/C25H18N4O/c30-21-14-19(15-8-9-15)24-25(27-21)29-22(16-5-2-1-3-6-16)23(28-24)18-10-11-20-17(13-18)7-4-12-26-20/h1-7,10-15H,8-9H2,(H,27,29,30). The first-order valence-electron chi connectivity index (χ1n) is 10.1. The minimum absolute atomic E-state index is 0.123. The molecule has 1 aliphatic rings. The number of hydrogen-bond acceptors (Lipinski definition) is 4. The second-order valence-electron chi connectivity index (χ2n) is 7.76. The largest absolute Gasteiger partial charge is 0.305 e. The van der Waals surface area contributed by atoms with E-state index in [1.165, 1.54) is 0 Å². The van der Waals surface area contributed by atoms with E-state index in [1.54, 1.807) is 12.3 Å². The van der Waals surface area contributed by atoms with Crippen LogP contribution in [-0.2, 0) is 0 Å². The topological polar surface area (TPSA) is 71.5 Å². The molecule has 1 N–H and O–H groups in total. The van der Waals surface area contributed by atoms with Crippen molar-refractivity contribution < 1.29 is 0 Å².